The maximum atomic E-state index is 5.57. The molecule has 0 aromatic heterocycles. The first-order valence-corrected chi connectivity index (χ1v) is 5.93. The van der Waals surface area contributed by atoms with E-state index in [-0.39, 0.29) is 0 Å². The molecule has 0 bridgehead atoms. The molecule has 0 amide bonds. The summed E-state index contributed by atoms with van der Waals surface area (Å²) >= 11 is 7.48. The average molecular weight is 289 g/mol. The van der Waals surface area contributed by atoms with E-state index in [4.69, 9.17) is 9.47 Å². The normalized spacial score (nSPS) is 10.6. The van der Waals surface area contributed by atoms with Gasteiger partial charge in [0.05, 0.1) is 11.6 Å². The molecular formula is C11H13BrO2S. The molecule has 1 aromatic carbocycles. The molecule has 0 aliphatic heterocycles. The molecule has 0 radical (unpaired) electrons. The average Bonchev–Trinajstić information content (AvgIpc) is 2.26. The zero-order valence-corrected chi connectivity index (χ0v) is 10.9. The molecule has 0 N–H and O–H groups in total. The Labute approximate surface area is 104 Å². The van der Waals surface area contributed by atoms with Crippen LogP contribution in [0.3, 0.4) is 0 Å². The zero-order valence-electron chi connectivity index (χ0n) is 8.44. The predicted octanol–water partition coefficient (Wildman–Crippen LogP) is 3.32. The van der Waals surface area contributed by atoms with Crippen LogP contribution in [0.5, 0.6) is 11.5 Å². The van der Waals surface area contributed by atoms with Gasteiger partial charge in [-0.2, -0.15) is 12.6 Å². The molecule has 0 saturated carbocycles. The van der Waals surface area contributed by atoms with Gasteiger partial charge in [-0.15, -0.1) is 0 Å². The number of halogens is 1. The summed E-state index contributed by atoms with van der Waals surface area (Å²) < 4.78 is 11.6. The number of ether oxygens (including phenoxy) is 2. The monoisotopic (exact) mass is 288 g/mol. The van der Waals surface area contributed by atoms with Crippen molar-refractivity contribution in [2.75, 3.05) is 19.5 Å². The zero-order chi connectivity index (χ0) is 11.1. The Morgan fingerprint density at radius 1 is 1.40 bits per heavy atom. The maximum absolute atomic E-state index is 5.57. The van der Waals surface area contributed by atoms with Gasteiger partial charge < -0.3 is 9.47 Å². The van der Waals surface area contributed by atoms with Crippen LogP contribution in [0.1, 0.15) is 0 Å². The molecule has 0 saturated heterocycles. The molecular weight excluding hydrogens is 276 g/mol. The van der Waals surface area contributed by atoms with Gasteiger partial charge in [0.1, 0.15) is 6.61 Å². The second kappa shape index (κ2) is 6.80. The van der Waals surface area contributed by atoms with Crippen molar-refractivity contribution in [2.45, 2.75) is 0 Å². The minimum atomic E-state index is 0.513. The molecule has 0 atom stereocenters. The van der Waals surface area contributed by atoms with Crippen molar-refractivity contribution in [2.24, 2.45) is 0 Å². The van der Waals surface area contributed by atoms with E-state index in [2.05, 4.69) is 28.6 Å². The molecule has 0 spiro atoms. The van der Waals surface area contributed by atoms with E-state index < -0.39 is 0 Å². The van der Waals surface area contributed by atoms with Gasteiger partial charge in [0, 0.05) is 5.75 Å². The molecule has 0 unspecified atom stereocenters. The van der Waals surface area contributed by atoms with E-state index in [0.717, 1.165) is 21.7 Å². The lowest BCUT2D eigenvalue weighted by atomic mass is 10.3. The molecule has 0 heterocycles. The summed E-state index contributed by atoms with van der Waals surface area (Å²) in [5.74, 6) is 2.17. The molecule has 2 nitrogen and oxygen atoms in total. The highest BCUT2D eigenvalue weighted by atomic mass is 79.9. The molecule has 15 heavy (non-hydrogen) atoms. The van der Waals surface area contributed by atoms with Crippen LogP contribution in [-0.4, -0.2) is 19.5 Å². The smallest absolute Gasteiger partial charge is 0.175 e. The van der Waals surface area contributed by atoms with Crippen LogP contribution in [0.25, 0.3) is 0 Å². The number of para-hydroxylation sites is 1. The van der Waals surface area contributed by atoms with E-state index >= 15 is 0 Å². The SMILES string of the molecule is COc1cccc(Br)c1OC/C=C/CS. The van der Waals surface area contributed by atoms with Crippen LogP contribution < -0.4 is 9.47 Å². The number of benzene rings is 1. The van der Waals surface area contributed by atoms with Crippen molar-refractivity contribution in [3.05, 3.63) is 34.8 Å². The molecule has 0 aliphatic carbocycles. The lowest BCUT2D eigenvalue weighted by Crippen LogP contribution is -1.97. The second-order valence-electron chi connectivity index (χ2n) is 2.74. The lowest BCUT2D eigenvalue weighted by Gasteiger charge is -2.10. The van der Waals surface area contributed by atoms with Gasteiger partial charge in [0.15, 0.2) is 11.5 Å². The van der Waals surface area contributed by atoms with Crippen molar-refractivity contribution in [3.63, 3.8) is 0 Å². The summed E-state index contributed by atoms with van der Waals surface area (Å²) in [5.41, 5.74) is 0. The van der Waals surface area contributed by atoms with Gasteiger partial charge >= 0.3 is 0 Å². The third kappa shape index (κ3) is 3.80. The van der Waals surface area contributed by atoms with Crippen molar-refractivity contribution >= 4 is 28.6 Å². The fourth-order valence-electron chi connectivity index (χ4n) is 1.06. The fraction of sp³-hybridized carbons (Fsp3) is 0.273. The van der Waals surface area contributed by atoms with Gasteiger partial charge in [-0.1, -0.05) is 18.2 Å². The summed E-state index contributed by atoms with van der Waals surface area (Å²) in [6.07, 6.45) is 3.86. The van der Waals surface area contributed by atoms with Crippen LogP contribution >= 0.6 is 28.6 Å². The highest BCUT2D eigenvalue weighted by molar-refractivity contribution is 9.10. The Hall–Kier alpha value is -0.610. The van der Waals surface area contributed by atoms with E-state index in [0.29, 0.717) is 6.61 Å². The number of rotatable bonds is 5. The Morgan fingerprint density at radius 3 is 2.87 bits per heavy atom. The van der Waals surface area contributed by atoms with Crippen LogP contribution in [0.2, 0.25) is 0 Å². The summed E-state index contributed by atoms with van der Waals surface area (Å²) in [6.45, 7) is 0.513. The van der Waals surface area contributed by atoms with Crippen molar-refractivity contribution in [1.82, 2.24) is 0 Å². The Bertz CT molecular complexity index is 339. The highest BCUT2D eigenvalue weighted by Crippen LogP contribution is 2.34. The predicted molar refractivity (Wildman–Crippen MR) is 69.2 cm³/mol. The molecule has 1 rings (SSSR count). The van der Waals surface area contributed by atoms with Gasteiger partial charge in [0.25, 0.3) is 0 Å². The summed E-state index contributed by atoms with van der Waals surface area (Å²) in [6, 6.07) is 5.68. The van der Waals surface area contributed by atoms with Crippen LogP contribution in [0, 0.1) is 0 Å². The second-order valence-corrected chi connectivity index (χ2v) is 3.96. The number of methoxy groups -OCH3 is 1. The summed E-state index contributed by atoms with van der Waals surface area (Å²) in [7, 11) is 1.62. The van der Waals surface area contributed by atoms with E-state index in [1.165, 1.54) is 0 Å². The third-order valence-electron chi connectivity index (χ3n) is 1.75. The maximum Gasteiger partial charge on any atom is 0.175 e. The standard InChI is InChI=1S/C11H13BrO2S/c1-13-10-6-4-5-9(12)11(10)14-7-2-3-8-15/h2-6,15H,7-8H2,1H3/b3-2+. The van der Waals surface area contributed by atoms with Crippen molar-refractivity contribution in [3.8, 4) is 11.5 Å². The molecule has 0 aliphatic rings. The van der Waals surface area contributed by atoms with Crippen LogP contribution in [0.15, 0.2) is 34.8 Å². The fourth-order valence-corrected chi connectivity index (χ4v) is 1.68. The Kier molecular flexibility index (Phi) is 5.65. The van der Waals surface area contributed by atoms with E-state index in [1.54, 1.807) is 7.11 Å². The third-order valence-corrected chi connectivity index (χ3v) is 2.58. The van der Waals surface area contributed by atoms with E-state index in [1.807, 2.05) is 30.4 Å². The van der Waals surface area contributed by atoms with Crippen LogP contribution in [0.4, 0.5) is 0 Å². The molecule has 1 aromatic rings. The summed E-state index contributed by atoms with van der Waals surface area (Å²) in [4.78, 5) is 0. The minimum Gasteiger partial charge on any atom is -0.493 e. The molecule has 82 valence electrons. The first-order chi connectivity index (χ1) is 7.29. The quantitative estimate of drug-likeness (QED) is 0.662. The van der Waals surface area contributed by atoms with Crippen molar-refractivity contribution < 1.29 is 9.47 Å². The van der Waals surface area contributed by atoms with Crippen LogP contribution in [-0.2, 0) is 0 Å². The largest absolute Gasteiger partial charge is 0.493 e. The van der Waals surface area contributed by atoms with E-state index in [9.17, 15) is 0 Å². The van der Waals surface area contributed by atoms with Crippen molar-refractivity contribution in [1.29, 1.82) is 0 Å². The number of thiol groups is 1. The minimum absolute atomic E-state index is 0.513. The molecule has 4 heteroatoms. The lowest BCUT2D eigenvalue weighted by molar-refractivity contribution is 0.324. The number of hydrogen-bond donors (Lipinski definition) is 1. The highest BCUT2D eigenvalue weighted by Gasteiger charge is 2.06. The topological polar surface area (TPSA) is 18.5 Å². The summed E-state index contributed by atoms with van der Waals surface area (Å²) in [5, 5.41) is 0. The van der Waals surface area contributed by atoms with Gasteiger partial charge in [-0.3, -0.25) is 0 Å². The first-order valence-electron chi connectivity index (χ1n) is 4.50. The first kappa shape index (κ1) is 12.5. The van der Waals surface area contributed by atoms with Gasteiger partial charge in [0.2, 0.25) is 0 Å². The Morgan fingerprint density at radius 2 is 2.20 bits per heavy atom. The number of hydrogen-bond acceptors (Lipinski definition) is 3. The Balaban J connectivity index is 2.70. The van der Waals surface area contributed by atoms with Gasteiger partial charge in [-0.25, -0.2) is 0 Å². The molecule has 0 fully saturated rings. The van der Waals surface area contributed by atoms with Gasteiger partial charge in [-0.05, 0) is 28.1 Å².